The Bertz CT molecular complexity index is 268. The molecule has 0 spiro atoms. The Kier molecular flexibility index (Phi) is 3.11. The van der Waals surface area contributed by atoms with Crippen LogP contribution >= 0.6 is 0 Å². The van der Waals surface area contributed by atoms with Crippen LogP contribution in [0.15, 0.2) is 24.5 Å². The third-order valence-corrected chi connectivity index (χ3v) is 2.74. The lowest BCUT2D eigenvalue weighted by Crippen LogP contribution is -2.35. The van der Waals surface area contributed by atoms with Gasteiger partial charge in [-0.15, -0.1) is 0 Å². The first-order valence-electron chi connectivity index (χ1n) is 5.17. The van der Waals surface area contributed by atoms with Gasteiger partial charge in [0, 0.05) is 44.9 Å². The maximum atomic E-state index is 7.61. The molecule has 0 amide bonds. The summed E-state index contributed by atoms with van der Waals surface area (Å²) in [5.41, 5.74) is 1.32. The number of rotatable bonds is 2. The molecule has 2 heterocycles. The van der Waals surface area contributed by atoms with E-state index in [2.05, 4.69) is 22.0 Å². The molecular weight excluding hydrogens is 176 g/mol. The van der Waals surface area contributed by atoms with Crippen LogP contribution in [-0.2, 0) is 6.54 Å². The molecular formula is C11H17N2O+. The first-order chi connectivity index (χ1) is 6.84. The van der Waals surface area contributed by atoms with Crippen LogP contribution in [0.2, 0.25) is 0 Å². The number of hydrogen-bond acceptors (Lipinski definition) is 2. The molecule has 1 saturated heterocycles. The summed E-state index contributed by atoms with van der Waals surface area (Å²) in [4.78, 5) is 6.42. The fraction of sp³-hybridized carbons (Fsp3) is 0.545. The van der Waals surface area contributed by atoms with Crippen LogP contribution in [-0.4, -0.2) is 34.2 Å². The second-order valence-corrected chi connectivity index (χ2v) is 3.91. The normalized spacial score (nSPS) is 19.8. The summed E-state index contributed by atoms with van der Waals surface area (Å²) in [7, 11) is 0. The Morgan fingerprint density at radius 3 is 2.57 bits per heavy atom. The van der Waals surface area contributed by atoms with E-state index in [9.17, 15) is 0 Å². The van der Waals surface area contributed by atoms with Crippen molar-refractivity contribution in [2.75, 3.05) is 13.1 Å². The van der Waals surface area contributed by atoms with Gasteiger partial charge >= 0.3 is 0 Å². The highest BCUT2D eigenvalue weighted by atomic mass is 16.3. The lowest BCUT2D eigenvalue weighted by molar-refractivity contribution is 0.0792. The van der Waals surface area contributed by atoms with Crippen LogP contribution in [0.25, 0.3) is 0 Å². The largest absolute Gasteiger partial charge is 0.443 e. The van der Waals surface area contributed by atoms with Crippen molar-refractivity contribution in [2.24, 2.45) is 0 Å². The maximum absolute atomic E-state index is 7.61. The van der Waals surface area contributed by atoms with E-state index in [1.54, 1.807) is 0 Å². The molecule has 0 unspecified atom stereocenters. The molecule has 3 heteroatoms. The molecule has 0 radical (unpaired) electrons. The molecule has 1 aromatic heterocycles. The molecule has 1 aliphatic rings. The van der Waals surface area contributed by atoms with E-state index in [0.29, 0.717) is 0 Å². The zero-order valence-corrected chi connectivity index (χ0v) is 8.32. The Hall–Kier alpha value is -0.930. The second-order valence-electron chi connectivity index (χ2n) is 3.91. The van der Waals surface area contributed by atoms with Gasteiger partial charge in [-0.05, 0) is 17.7 Å². The molecule has 0 aromatic carbocycles. The minimum absolute atomic E-state index is 0.170. The zero-order chi connectivity index (χ0) is 9.80. The summed E-state index contributed by atoms with van der Waals surface area (Å²) < 4.78 is 0. The minimum Gasteiger partial charge on any atom is -0.443 e. The van der Waals surface area contributed by atoms with E-state index in [0.717, 1.165) is 32.5 Å². The minimum atomic E-state index is 0.170. The second kappa shape index (κ2) is 4.53. The standard InChI is InChI=1S/C11H16N2O/c14-11-3-7-13(8-4-11)9-10-1-5-12-6-2-10/h1-2,5-6,11,14H,3-4,7-9H2/p+1. The predicted molar refractivity (Wildman–Crippen MR) is 56.1 cm³/mol. The van der Waals surface area contributed by atoms with Crippen molar-refractivity contribution in [1.82, 2.24) is 9.88 Å². The number of aromatic nitrogens is 1. The summed E-state index contributed by atoms with van der Waals surface area (Å²) in [6.45, 7) is 3.14. The molecule has 0 bridgehead atoms. The van der Waals surface area contributed by atoms with Crippen LogP contribution in [0.5, 0.6) is 0 Å². The smallest absolute Gasteiger partial charge is 0.156 e. The Labute approximate surface area is 84.4 Å². The van der Waals surface area contributed by atoms with Gasteiger partial charge in [0.2, 0.25) is 0 Å². The van der Waals surface area contributed by atoms with Gasteiger partial charge in [-0.25, -0.2) is 0 Å². The van der Waals surface area contributed by atoms with Crippen molar-refractivity contribution in [3.05, 3.63) is 30.1 Å². The summed E-state index contributed by atoms with van der Waals surface area (Å²) in [6.07, 6.45) is 5.89. The van der Waals surface area contributed by atoms with Gasteiger partial charge in [0.05, 0.1) is 0 Å². The Morgan fingerprint density at radius 2 is 1.93 bits per heavy atom. The number of pyridine rings is 1. The molecule has 3 nitrogen and oxygen atoms in total. The molecule has 1 aliphatic heterocycles. The van der Waals surface area contributed by atoms with Crippen LogP contribution in [0.1, 0.15) is 18.4 Å². The van der Waals surface area contributed by atoms with E-state index in [4.69, 9.17) is 5.11 Å². The van der Waals surface area contributed by atoms with Crippen molar-refractivity contribution in [3.63, 3.8) is 0 Å². The van der Waals surface area contributed by atoms with Crippen LogP contribution in [0.3, 0.4) is 0 Å². The predicted octanol–water partition coefficient (Wildman–Crippen LogP) is 0.771. The van der Waals surface area contributed by atoms with Crippen molar-refractivity contribution in [1.29, 1.82) is 0 Å². The van der Waals surface area contributed by atoms with Crippen molar-refractivity contribution < 1.29 is 5.11 Å². The van der Waals surface area contributed by atoms with Gasteiger partial charge in [0.25, 0.3) is 0 Å². The summed E-state index contributed by atoms with van der Waals surface area (Å²) in [5.74, 6) is 0. The summed E-state index contributed by atoms with van der Waals surface area (Å²) in [5, 5.41) is 7.61. The molecule has 1 fully saturated rings. The van der Waals surface area contributed by atoms with Gasteiger partial charge in [-0.3, -0.25) is 9.88 Å². The van der Waals surface area contributed by atoms with Gasteiger partial charge < -0.3 is 5.11 Å². The van der Waals surface area contributed by atoms with E-state index >= 15 is 0 Å². The highest BCUT2D eigenvalue weighted by Crippen LogP contribution is 2.12. The molecule has 0 aliphatic carbocycles. The van der Waals surface area contributed by atoms with Crippen LogP contribution in [0.4, 0.5) is 0 Å². The third kappa shape index (κ3) is 2.53. The number of nitrogens with zero attached hydrogens (tertiary/aromatic N) is 2. The Morgan fingerprint density at radius 1 is 1.29 bits per heavy atom. The van der Waals surface area contributed by atoms with Gasteiger partial charge in [-0.1, -0.05) is 0 Å². The first-order valence-corrected chi connectivity index (χ1v) is 5.17. The van der Waals surface area contributed by atoms with E-state index in [-0.39, 0.29) is 6.10 Å². The highest BCUT2D eigenvalue weighted by Gasteiger charge is 2.19. The number of piperidine rings is 1. The fourth-order valence-electron chi connectivity index (χ4n) is 1.84. The molecule has 0 saturated carbocycles. The lowest BCUT2D eigenvalue weighted by Gasteiger charge is -2.27. The summed E-state index contributed by atoms with van der Waals surface area (Å²) >= 11 is 0. The lowest BCUT2D eigenvalue weighted by atomic mass is 10.1. The number of hydrogen-bond donors (Lipinski definition) is 0. The molecule has 2 rings (SSSR count). The molecule has 14 heavy (non-hydrogen) atoms. The zero-order valence-electron chi connectivity index (χ0n) is 8.32. The average molecular weight is 193 g/mol. The maximum Gasteiger partial charge on any atom is 0.156 e. The van der Waals surface area contributed by atoms with Crippen LogP contribution < -0.4 is 0 Å². The van der Waals surface area contributed by atoms with E-state index in [1.807, 2.05) is 12.4 Å². The first kappa shape index (κ1) is 9.62. The molecule has 1 aromatic rings. The molecule has 0 atom stereocenters. The van der Waals surface area contributed by atoms with Crippen molar-refractivity contribution in [2.45, 2.75) is 25.5 Å². The average Bonchev–Trinajstić information content (AvgIpc) is 2.23. The van der Waals surface area contributed by atoms with Gasteiger partial charge in [0.1, 0.15) is 0 Å². The van der Waals surface area contributed by atoms with Crippen LogP contribution in [0, 0.1) is 0 Å². The van der Waals surface area contributed by atoms with Gasteiger partial charge in [0.15, 0.2) is 6.10 Å². The topological polar surface area (TPSA) is 39.0 Å². The highest BCUT2D eigenvalue weighted by molar-refractivity contribution is 5.09. The van der Waals surface area contributed by atoms with E-state index < -0.39 is 0 Å². The van der Waals surface area contributed by atoms with E-state index in [1.165, 1.54) is 5.56 Å². The van der Waals surface area contributed by atoms with Gasteiger partial charge in [-0.2, -0.15) is 0 Å². The Balaban J connectivity index is 1.87. The molecule has 2 N–H and O–H groups in total. The van der Waals surface area contributed by atoms with Crippen molar-refractivity contribution >= 4 is 0 Å². The quantitative estimate of drug-likeness (QED) is 0.651. The van der Waals surface area contributed by atoms with Crippen molar-refractivity contribution in [3.8, 4) is 0 Å². The third-order valence-electron chi connectivity index (χ3n) is 2.74. The fourth-order valence-corrected chi connectivity index (χ4v) is 1.84. The summed E-state index contributed by atoms with van der Waals surface area (Å²) in [6, 6.07) is 4.12. The monoisotopic (exact) mass is 193 g/mol. The SMILES string of the molecule is [OH2+]C1CCN(Cc2ccncc2)CC1. The number of likely N-dealkylation sites (tertiary alicyclic amines) is 1. The molecule has 76 valence electrons.